The van der Waals surface area contributed by atoms with Crippen molar-refractivity contribution in [3.8, 4) is 0 Å². The second-order valence-corrected chi connectivity index (χ2v) is 5.56. The molecule has 0 saturated heterocycles. The number of rotatable bonds is 5. The highest BCUT2D eigenvalue weighted by atomic mass is 79.9. The number of carbonyl (C=O) groups excluding carboxylic acids is 1. The number of alkyl halides is 1. The summed E-state index contributed by atoms with van der Waals surface area (Å²) in [5.41, 5.74) is -0.0455. The Hall–Kier alpha value is -0.0900. The molecule has 4 heteroatoms. The van der Waals surface area contributed by atoms with Crippen molar-refractivity contribution in [3.05, 3.63) is 0 Å². The zero-order valence-corrected chi connectivity index (χ0v) is 10.8. The molecule has 15 heavy (non-hydrogen) atoms. The Morgan fingerprint density at radius 2 is 2.13 bits per heavy atom. The Morgan fingerprint density at radius 3 is 2.60 bits per heavy atom. The number of aliphatic hydroxyl groups is 1. The van der Waals surface area contributed by atoms with Crippen LogP contribution in [-0.2, 0) is 4.79 Å². The van der Waals surface area contributed by atoms with E-state index in [1.165, 1.54) is 12.8 Å². The number of halogens is 1. The topological polar surface area (TPSA) is 49.3 Å². The summed E-state index contributed by atoms with van der Waals surface area (Å²) in [6.07, 6.45) is 5.19. The Kier molecular flexibility index (Phi) is 5.06. The smallest absolute Gasteiger partial charge is 0.233 e. The van der Waals surface area contributed by atoms with Crippen LogP contribution in [0.3, 0.4) is 0 Å². The molecule has 0 aliphatic heterocycles. The molecule has 0 spiro atoms. The zero-order valence-electron chi connectivity index (χ0n) is 9.26. The molecule has 1 saturated carbocycles. The molecule has 1 fully saturated rings. The van der Waals surface area contributed by atoms with Crippen LogP contribution in [0.5, 0.6) is 0 Å². The van der Waals surface area contributed by atoms with E-state index in [1.807, 2.05) is 6.92 Å². The summed E-state index contributed by atoms with van der Waals surface area (Å²) in [6, 6.07) is 0. The summed E-state index contributed by atoms with van der Waals surface area (Å²) in [6.45, 7) is 2.77. The van der Waals surface area contributed by atoms with E-state index in [1.54, 1.807) is 0 Å². The Morgan fingerprint density at radius 1 is 1.53 bits per heavy atom. The maximum absolute atomic E-state index is 11.5. The van der Waals surface area contributed by atoms with Gasteiger partial charge >= 0.3 is 0 Å². The largest absolute Gasteiger partial charge is 0.396 e. The van der Waals surface area contributed by atoms with Crippen LogP contribution < -0.4 is 5.32 Å². The van der Waals surface area contributed by atoms with Crippen molar-refractivity contribution < 1.29 is 9.90 Å². The molecule has 0 aromatic carbocycles. The number of aliphatic hydroxyl groups excluding tert-OH is 1. The van der Waals surface area contributed by atoms with Gasteiger partial charge in [-0.05, 0) is 19.3 Å². The van der Waals surface area contributed by atoms with Gasteiger partial charge in [-0.2, -0.15) is 0 Å². The summed E-state index contributed by atoms with van der Waals surface area (Å²) >= 11 is 3.32. The fourth-order valence-electron chi connectivity index (χ4n) is 2.09. The third-order valence-electron chi connectivity index (χ3n) is 3.28. The van der Waals surface area contributed by atoms with Crippen LogP contribution in [0.1, 0.15) is 39.0 Å². The molecular formula is C11H20BrNO2. The fraction of sp³-hybridized carbons (Fsp3) is 0.909. The van der Waals surface area contributed by atoms with Gasteiger partial charge < -0.3 is 10.4 Å². The predicted octanol–water partition coefficient (Wildman–Crippen LogP) is 1.83. The number of amides is 1. The van der Waals surface area contributed by atoms with Crippen LogP contribution in [0.2, 0.25) is 0 Å². The van der Waals surface area contributed by atoms with Gasteiger partial charge in [0, 0.05) is 12.0 Å². The highest BCUT2D eigenvalue weighted by molar-refractivity contribution is 9.10. The molecular weight excluding hydrogens is 258 g/mol. The van der Waals surface area contributed by atoms with Crippen molar-refractivity contribution in [2.24, 2.45) is 5.41 Å². The molecule has 1 atom stereocenters. The SMILES string of the molecule is CCC(Br)C(=O)NCC1(CO)CCCC1. The lowest BCUT2D eigenvalue weighted by atomic mass is 9.87. The highest BCUT2D eigenvalue weighted by Gasteiger charge is 2.33. The first-order valence-electron chi connectivity index (χ1n) is 5.66. The van der Waals surface area contributed by atoms with Gasteiger partial charge in [0.1, 0.15) is 0 Å². The molecule has 0 aromatic rings. The number of hydrogen-bond acceptors (Lipinski definition) is 2. The summed E-state index contributed by atoms with van der Waals surface area (Å²) in [4.78, 5) is 11.4. The summed E-state index contributed by atoms with van der Waals surface area (Å²) < 4.78 is 0. The average molecular weight is 278 g/mol. The Labute approximate surface area is 99.8 Å². The van der Waals surface area contributed by atoms with Gasteiger partial charge in [-0.15, -0.1) is 0 Å². The third-order valence-corrected chi connectivity index (χ3v) is 4.34. The van der Waals surface area contributed by atoms with Gasteiger partial charge in [0.2, 0.25) is 5.91 Å². The molecule has 1 aliphatic carbocycles. The minimum Gasteiger partial charge on any atom is -0.396 e. The molecule has 3 nitrogen and oxygen atoms in total. The first-order valence-corrected chi connectivity index (χ1v) is 6.58. The predicted molar refractivity (Wildman–Crippen MR) is 64.0 cm³/mol. The zero-order chi connectivity index (χ0) is 11.3. The normalized spacial score (nSPS) is 21.3. The van der Waals surface area contributed by atoms with E-state index < -0.39 is 0 Å². The third kappa shape index (κ3) is 3.45. The van der Waals surface area contributed by atoms with Gasteiger partial charge in [-0.3, -0.25) is 4.79 Å². The maximum atomic E-state index is 11.5. The minimum absolute atomic E-state index is 0.0391. The van der Waals surface area contributed by atoms with Crippen LogP contribution in [0.15, 0.2) is 0 Å². The van der Waals surface area contributed by atoms with Crippen molar-refractivity contribution in [1.82, 2.24) is 5.32 Å². The van der Waals surface area contributed by atoms with E-state index in [0.29, 0.717) is 6.54 Å². The second kappa shape index (κ2) is 5.85. The molecule has 0 radical (unpaired) electrons. The van der Waals surface area contributed by atoms with Crippen molar-refractivity contribution >= 4 is 21.8 Å². The lowest BCUT2D eigenvalue weighted by Crippen LogP contribution is -2.41. The van der Waals surface area contributed by atoms with Crippen LogP contribution in [0.4, 0.5) is 0 Å². The van der Waals surface area contributed by atoms with Gasteiger partial charge in [0.25, 0.3) is 0 Å². The Bertz CT molecular complexity index is 215. The monoisotopic (exact) mass is 277 g/mol. The minimum atomic E-state index is -0.102. The molecule has 1 unspecified atom stereocenters. The van der Waals surface area contributed by atoms with Crippen molar-refractivity contribution in [3.63, 3.8) is 0 Å². The maximum Gasteiger partial charge on any atom is 0.233 e. The number of carbonyl (C=O) groups is 1. The molecule has 0 heterocycles. The van der Waals surface area contributed by atoms with E-state index in [-0.39, 0.29) is 22.8 Å². The highest BCUT2D eigenvalue weighted by Crippen LogP contribution is 2.36. The van der Waals surface area contributed by atoms with Crippen LogP contribution in [-0.4, -0.2) is 29.0 Å². The number of hydrogen-bond donors (Lipinski definition) is 2. The van der Waals surface area contributed by atoms with Gasteiger partial charge in [-0.1, -0.05) is 35.7 Å². The van der Waals surface area contributed by atoms with E-state index in [4.69, 9.17) is 0 Å². The lowest BCUT2D eigenvalue weighted by Gasteiger charge is -2.27. The van der Waals surface area contributed by atoms with Gasteiger partial charge in [0.05, 0.1) is 11.4 Å². The summed E-state index contributed by atoms with van der Waals surface area (Å²) in [5, 5.41) is 12.3. The molecule has 0 aromatic heterocycles. The molecule has 1 aliphatic rings. The van der Waals surface area contributed by atoms with Crippen LogP contribution >= 0.6 is 15.9 Å². The van der Waals surface area contributed by atoms with Crippen molar-refractivity contribution in [1.29, 1.82) is 0 Å². The molecule has 1 amide bonds. The molecule has 1 rings (SSSR count). The van der Waals surface area contributed by atoms with E-state index in [0.717, 1.165) is 19.3 Å². The van der Waals surface area contributed by atoms with Crippen molar-refractivity contribution in [2.75, 3.05) is 13.2 Å². The Balaban J connectivity index is 2.37. The number of nitrogens with one attached hydrogen (secondary N) is 1. The lowest BCUT2D eigenvalue weighted by molar-refractivity contribution is -0.121. The first-order chi connectivity index (χ1) is 7.13. The molecule has 88 valence electrons. The first kappa shape index (κ1) is 13.0. The van der Waals surface area contributed by atoms with Crippen molar-refractivity contribution in [2.45, 2.75) is 43.9 Å². The second-order valence-electron chi connectivity index (χ2n) is 4.46. The average Bonchev–Trinajstić information content (AvgIpc) is 2.74. The van der Waals surface area contributed by atoms with E-state index >= 15 is 0 Å². The quantitative estimate of drug-likeness (QED) is 0.754. The van der Waals surface area contributed by atoms with Gasteiger partial charge in [-0.25, -0.2) is 0 Å². The fourth-order valence-corrected chi connectivity index (χ4v) is 2.25. The van der Waals surface area contributed by atoms with E-state index in [9.17, 15) is 9.90 Å². The standard InChI is InChI=1S/C11H20BrNO2/c1-2-9(12)10(15)13-7-11(8-14)5-3-4-6-11/h9,14H,2-8H2,1H3,(H,13,15). The molecule has 2 N–H and O–H groups in total. The van der Waals surface area contributed by atoms with Crippen LogP contribution in [0, 0.1) is 5.41 Å². The summed E-state index contributed by atoms with van der Waals surface area (Å²) in [7, 11) is 0. The molecule has 0 bridgehead atoms. The summed E-state index contributed by atoms with van der Waals surface area (Å²) in [5.74, 6) is 0.0391. The van der Waals surface area contributed by atoms with Gasteiger partial charge in [0.15, 0.2) is 0 Å². The van der Waals surface area contributed by atoms with Crippen LogP contribution in [0.25, 0.3) is 0 Å². The van der Waals surface area contributed by atoms with E-state index in [2.05, 4.69) is 21.2 Å².